The van der Waals surface area contributed by atoms with Gasteiger partial charge < -0.3 is 30.5 Å². The Kier molecular flexibility index (Phi) is 8.72. The minimum atomic E-state index is -4.63. The van der Waals surface area contributed by atoms with E-state index < -0.39 is 35.7 Å². The summed E-state index contributed by atoms with van der Waals surface area (Å²) in [5, 5.41) is 17.1. The maximum Gasteiger partial charge on any atom is 0.421 e. The first-order chi connectivity index (χ1) is 17.6. The van der Waals surface area contributed by atoms with Gasteiger partial charge in [0.25, 0.3) is 0 Å². The molecule has 1 heterocycles. The Morgan fingerprint density at radius 3 is 2.46 bits per heavy atom. The Balaban J connectivity index is 1.70. The molecule has 0 saturated heterocycles. The molecule has 13 heteroatoms. The molecule has 3 rings (SSSR count). The van der Waals surface area contributed by atoms with Crippen molar-refractivity contribution in [1.29, 1.82) is 0 Å². The molecule has 196 valence electrons. The number of alkyl halides is 3. The van der Waals surface area contributed by atoms with Crippen molar-refractivity contribution >= 4 is 29.5 Å². The van der Waals surface area contributed by atoms with Crippen molar-refractivity contribution in [3.05, 3.63) is 71.4 Å². The van der Waals surface area contributed by atoms with E-state index in [1.165, 1.54) is 26.3 Å². The van der Waals surface area contributed by atoms with Gasteiger partial charge in [-0.25, -0.2) is 14.6 Å². The molecule has 0 bridgehead atoms. The average Bonchev–Trinajstić information content (AvgIpc) is 2.87. The zero-order chi connectivity index (χ0) is 27.0. The minimum Gasteiger partial charge on any atom is -0.495 e. The average molecular weight is 519 g/mol. The molecule has 1 unspecified atom stereocenters. The molecule has 0 aliphatic carbocycles. The van der Waals surface area contributed by atoms with Gasteiger partial charge in [0.15, 0.2) is 0 Å². The van der Waals surface area contributed by atoms with Crippen molar-refractivity contribution in [3.8, 4) is 5.75 Å². The molecule has 37 heavy (non-hydrogen) atoms. The lowest BCUT2D eigenvalue weighted by Gasteiger charge is -2.17. The summed E-state index contributed by atoms with van der Waals surface area (Å²) in [6, 6.07) is 12.2. The number of carbonyl (C=O) groups excluding carboxylic acids is 1. The molecule has 0 spiro atoms. The van der Waals surface area contributed by atoms with Crippen LogP contribution in [0.5, 0.6) is 5.75 Å². The van der Waals surface area contributed by atoms with Crippen LogP contribution in [0.2, 0.25) is 0 Å². The topological polar surface area (TPSA) is 135 Å². The van der Waals surface area contributed by atoms with Crippen LogP contribution in [0.25, 0.3) is 0 Å². The summed E-state index contributed by atoms with van der Waals surface area (Å²) in [4.78, 5) is 31.4. The number of methoxy groups -OCH3 is 1. The monoisotopic (exact) mass is 519 g/mol. The molecule has 1 atom stereocenters. The number of nitrogens with one attached hydrogen (secondary N) is 3. The van der Waals surface area contributed by atoms with Gasteiger partial charge in [-0.15, -0.1) is 0 Å². The summed E-state index contributed by atoms with van der Waals surface area (Å²) in [6.07, 6.45) is -4.95. The lowest BCUT2D eigenvalue weighted by molar-refractivity contribution is -0.139. The summed E-state index contributed by atoms with van der Waals surface area (Å²) in [5.41, 5.74) is 0.561. The highest BCUT2D eigenvalue weighted by atomic mass is 19.4. The van der Waals surface area contributed by atoms with Crippen molar-refractivity contribution in [2.24, 2.45) is 0 Å². The zero-order valence-corrected chi connectivity index (χ0v) is 19.8. The van der Waals surface area contributed by atoms with Crippen LogP contribution in [0.3, 0.4) is 0 Å². The maximum absolute atomic E-state index is 13.1. The van der Waals surface area contributed by atoms with Gasteiger partial charge in [0.05, 0.1) is 12.8 Å². The summed E-state index contributed by atoms with van der Waals surface area (Å²) in [5.74, 6) is -1.54. The molecule has 0 radical (unpaired) electrons. The number of ether oxygens (including phenoxy) is 2. The number of hydrogen-bond donors (Lipinski definition) is 4. The number of anilines is 3. The van der Waals surface area contributed by atoms with Crippen LogP contribution in [-0.4, -0.2) is 47.3 Å². The van der Waals surface area contributed by atoms with Gasteiger partial charge in [0.1, 0.15) is 29.8 Å². The van der Waals surface area contributed by atoms with E-state index in [4.69, 9.17) is 9.47 Å². The first-order valence-corrected chi connectivity index (χ1v) is 10.9. The van der Waals surface area contributed by atoms with E-state index in [9.17, 15) is 27.9 Å². The molecule has 0 saturated carbocycles. The Bertz CT molecular complexity index is 1240. The fraction of sp³-hybridized carbons (Fsp3) is 0.250. The van der Waals surface area contributed by atoms with Crippen molar-refractivity contribution in [2.75, 3.05) is 24.8 Å². The number of halogens is 3. The van der Waals surface area contributed by atoms with Crippen molar-refractivity contribution < 1.29 is 37.3 Å². The standard InChI is InChI=1S/C24H24F3N5O5/c1-28-20-16(24(25,26)27)12-29-22(32-20)30-17-9-8-15(11-19(17)36-2)10-18(21(33)34)31-23(35)37-13-14-6-4-3-5-7-14/h3-9,11-12,18H,10,13H2,1-2H3,(H,31,35)(H,33,34)(H2,28,29,30,32). The van der Waals surface area contributed by atoms with Gasteiger partial charge in [-0.2, -0.15) is 18.2 Å². The highest BCUT2D eigenvalue weighted by Gasteiger charge is 2.35. The molecule has 0 aliphatic rings. The number of aromatic nitrogens is 2. The second-order valence-corrected chi connectivity index (χ2v) is 7.66. The predicted octanol–water partition coefficient (Wildman–Crippen LogP) is 4.21. The first-order valence-electron chi connectivity index (χ1n) is 10.9. The number of carboxylic acids is 1. The zero-order valence-electron chi connectivity index (χ0n) is 19.8. The predicted molar refractivity (Wildman–Crippen MR) is 128 cm³/mol. The minimum absolute atomic E-state index is 0.0194. The van der Waals surface area contributed by atoms with Crippen molar-refractivity contribution in [2.45, 2.75) is 25.2 Å². The number of carbonyl (C=O) groups is 2. The lowest BCUT2D eigenvalue weighted by atomic mass is 10.0. The number of nitrogens with zero attached hydrogens (tertiary/aromatic N) is 2. The maximum atomic E-state index is 13.1. The number of rotatable bonds is 10. The molecular formula is C24H24F3N5O5. The Hall–Kier alpha value is -4.55. The Morgan fingerprint density at radius 2 is 1.84 bits per heavy atom. The fourth-order valence-corrected chi connectivity index (χ4v) is 3.27. The normalized spacial score (nSPS) is 11.8. The lowest BCUT2D eigenvalue weighted by Crippen LogP contribution is -2.42. The van der Waals surface area contributed by atoms with Crippen molar-refractivity contribution in [3.63, 3.8) is 0 Å². The largest absolute Gasteiger partial charge is 0.495 e. The van der Waals surface area contributed by atoms with Crippen LogP contribution >= 0.6 is 0 Å². The molecule has 0 aliphatic heterocycles. The molecular weight excluding hydrogens is 495 g/mol. The summed E-state index contributed by atoms with van der Waals surface area (Å²) >= 11 is 0. The Labute approximate surface area is 209 Å². The van der Waals surface area contributed by atoms with E-state index in [2.05, 4.69) is 25.9 Å². The van der Waals surface area contributed by atoms with Gasteiger partial charge in [0, 0.05) is 19.7 Å². The van der Waals surface area contributed by atoms with Crippen LogP contribution in [0.1, 0.15) is 16.7 Å². The van der Waals surface area contributed by atoms with E-state index in [0.29, 0.717) is 17.4 Å². The van der Waals surface area contributed by atoms with E-state index in [-0.39, 0.29) is 24.7 Å². The third-order valence-corrected chi connectivity index (χ3v) is 5.09. The Morgan fingerprint density at radius 1 is 1.11 bits per heavy atom. The number of amides is 1. The molecule has 1 aromatic heterocycles. The third kappa shape index (κ3) is 7.46. The molecule has 10 nitrogen and oxygen atoms in total. The van der Waals surface area contributed by atoms with E-state index >= 15 is 0 Å². The number of benzene rings is 2. The van der Waals surface area contributed by atoms with Crippen LogP contribution < -0.4 is 20.7 Å². The molecule has 1 amide bonds. The van der Waals surface area contributed by atoms with Crippen LogP contribution in [0, 0.1) is 0 Å². The van der Waals surface area contributed by atoms with Crippen molar-refractivity contribution in [1.82, 2.24) is 15.3 Å². The third-order valence-electron chi connectivity index (χ3n) is 5.09. The van der Waals surface area contributed by atoms with Crippen LogP contribution in [0.4, 0.5) is 35.4 Å². The van der Waals surface area contributed by atoms with Crippen LogP contribution in [-0.2, 0) is 28.7 Å². The van der Waals surface area contributed by atoms with Gasteiger partial charge >= 0.3 is 18.2 Å². The second kappa shape index (κ2) is 11.9. The van der Waals surface area contributed by atoms with Gasteiger partial charge in [-0.1, -0.05) is 36.4 Å². The van der Waals surface area contributed by atoms with Gasteiger partial charge in [0.2, 0.25) is 5.95 Å². The van der Waals surface area contributed by atoms with E-state index in [1.807, 2.05) is 6.07 Å². The first kappa shape index (κ1) is 27.0. The number of alkyl carbamates (subject to hydrolysis) is 1. The number of carboxylic acid groups (broad SMARTS) is 1. The number of hydrogen-bond acceptors (Lipinski definition) is 8. The van der Waals surface area contributed by atoms with E-state index in [1.54, 1.807) is 30.3 Å². The van der Waals surface area contributed by atoms with Crippen LogP contribution in [0.15, 0.2) is 54.7 Å². The smallest absolute Gasteiger partial charge is 0.421 e. The molecule has 2 aromatic carbocycles. The van der Waals surface area contributed by atoms with E-state index in [0.717, 1.165) is 5.56 Å². The quantitative estimate of drug-likeness (QED) is 0.311. The second-order valence-electron chi connectivity index (χ2n) is 7.66. The van der Waals surface area contributed by atoms with Gasteiger partial charge in [-0.05, 0) is 23.3 Å². The molecule has 0 fully saturated rings. The summed E-state index contributed by atoms with van der Waals surface area (Å²) in [7, 11) is 2.67. The summed E-state index contributed by atoms with van der Waals surface area (Å²) < 4.78 is 49.7. The molecule has 4 N–H and O–H groups in total. The fourth-order valence-electron chi connectivity index (χ4n) is 3.27. The number of aliphatic carboxylic acids is 1. The van der Waals surface area contributed by atoms with Gasteiger partial charge in [-0.3, -0.25) is 0 Å². The SMILES string of the molecule is CNc1nc(Nc2ccc(CC(NC(=O)OCc3ccccc3)C(=O)O)cc2OC)ncc1C(F)(F)F. The molecule has 3 aromatic rings. The highest BCUT2D eigenvalue weighted by Crippen LogP contribution is 2.34. The highest BCUT2D eigenvalue weighted by molar-refractivity contribution is 5.80. The summed E-state index contributed by atoms with van der Waals surface area (Å²) in [6.45, 7) is -0.0194.